The minimum atomic E-state index is -0.701. The molecule has 0 aliphatic heterocycles. The zero-order valence-corrected chi connectivity index (χ0v) is 29.2. The largest absolute Gasteiger partial charge is 0.481 e. The monoisotopic (exact) mass is 617 g/mol. The Labute approximate surface area is 273 Å². The number of allylic oxidation sites excluding steroid dienone is 5. The molecular weight excluding hydrogens is 544 g/mol. The Balaban J connectivity index is 4.10. The summed E-state index contributed by atoms with van der Waals surface area (Å²) in [5.41, 5.74) is 0. The van der Waals surface area contributed by atoms with E-state index < -0.39 is 5.97 Å². The van der Waals surface area contributed by atoms with Crippen LogP contribution in [-0.2, 0) is 14.3 Å². The molecule has 0 heterocycles. The molecule has 0 fully saturated rings. The standard InChI is InChI=1S/C40H72O4/c1-3-5-7-9-11-13-14-15-16-17-18-19-21-23-29-33-37-40(43)44-38(34-30-26-22-20-12-10-8-6-4-2)35-31-27-24-25-28-32-36-39(41)42/h13-14,16-17,30,34,38H,3-12,15,18-29,31-33,35-37H2,1-2H3,(H,41,42)/b14-13-,17-16-,34-30-. The highest BCUT2D eigenvalue weighted by atomic mass is 16.5. The van der Waals surface area contributed by atoms with E-state index in [-0.39, 0.29) is 18.5 Å². The second-order valence-corrected chi connectivity index (χ2v) is 12.8. The van der Waals surface area contributed by atoms with Gasteiger partial charge in [-0.3, -0.25) is 9.59 Å². The number of hydrogen-bond acceptors (Lipinski definition) is 3. The minimum Gasteiger partial charge on any atom is -0.481 e. The lowest BCUT2D eigenvalue weighted by atomic mass is 10.0. The fraction of sp³-hybridized carbons (Fsp3) is 0.800. The molecule has 0 aromatic heterocycles. The highest BCUT2D eigenvalue weighted by Crippen LogP contribution is 2.16. The number of carbonyl (C=O) groups excluding carboxylic acids is 1. The van der Waals surface area contributed by atoms with Crippen molar-refractivity contribution in [2.45, 2.75) is 206 Å². The van der Waals surface area contributed by atoms with Gasteiger partial charge in [0.25, 0.3) is 0 Å². The first kappa shape index (κ1) is 42.2. The normalized spacial score (nSPS) is 12.6. The Morgan fingerprint density at radius 1 is 0.523 bits per heavy atom. The van der Waals surface area contributed by atoms with Gasteiger partial charge in [0.1, 0.15) is 6.10 Å². The van der Waals surface area contributed by atoms with Gasteiger partial charge in [0.2, 0.25) is 0 Å². The summed E-state index contributed by atoms with van der Waals surface area (Å²) in [4.78, 5) is 23.3. The van der Waals surface area contributed by atoms with Crippen molar-refractivity contribution in [3.8, 4) is 0 Å². The van der Waals surface area contributed by atoms with Crippen molar-refractivity contribution in [2.24, 2.45) is 0 Å². The molecule has 0 bridgehead atoms. The van der Waals surface area contributed by atoms with Crippen molar-refractivity contribution in [1.29, 1.82) is 0 Å². The molecule has 0 rings (SSSR count). The fourth-order valence-electron chi connectivity index (χ4n) is 5.48. The van der Waals surface area contributed by atoms with Crippen LogP contribution in [0.1, 0.15) is 200 Å². The Morgan fingerprint density at radius 2 is 0.955 bits per heavy atom. The molecule has 0 aliphatic rings. The highest BCUT2D eigenvalue weighted by Gasteiger charge is 2.11. The summed E-state index contributed by atoms with van der Waals surface area (Å²) in [7, 11) is 0. The molecule has 0 spiro atoms. The minimum absolute atomic E-state index is 0.0504. The van der Waals surface area contributed by atoms with Crippen molar-refractivity contribution >= 4 is 11.9 Å². The van der Waals surface area contributed by atoms with E-state index in [9.17, 15) is 9.59 Å². The topological polar surface area (TPSA) is 63.6 Å². The van der Waals surface area contributed by atoms with E-state index in [0.29, 0.717) is 6.42 Å². The third kappa shape index (κ3) is 34.6. The van der Waals surface area contributed by atoms with Crippen molar-refractivity contribution in [3.63, 3.8) is 0 Å². The number of hydrogen-bond donors (Lipinski definition) is 1. The van der Waals surface area contributed by atoms with Crippen LogP contribution in [0.2, 0.25) is 0 Å². The van der Waals surface area contributed by atoms with Gasteiger partial charge < -0.3 is 9.84 Å². The van der Waals surface area contributed by atoms with Gasteiger partial charge in [0.15, 0.2) is 0 Å². The second kappa shape index (κ2) is 35.6. The van der Waals surface area contributed by atoms with Crippen LogP contribution in [-0.4, -0.2) is 23.1 Å². The van der Waals surface area contributed by atoms with Crippen LogP contribution in [0.3, 0.4) is 0 Å². The lowest BCUT2D eigenvalue weighted by molar-refractivity contribution is -0.147. The lowest BCUT2D eigenvalue weighted by Crippen LogP contribution is -2.16. The number of unbranched alkanes of at least 4 members (excludes halogenated alkanes) is 21. The molecule has 1 atom stereocenters. The lowest BCUT2D eigenvalue weighted by Gasteiger charge is -2.15. The number of carboxylic acid groups (broad SMARTS) is 1. The van der Waals surface area contributed by atoms with Crippen molar-refractivity contribution < 1.29 is 19.4 Å². The molecule has 0 aromatic rings. The Morgan fingerprint density at radius 3 is 1.50 bits per heavy atom. The first-order valence-electron chi connectivity index (χ1n) is 19.0. The van der Waals surface area contributed by atoms with Crippen molar-refractivity contribution in [3.05, 3.63) is 36.5 Å². The van der Waals surface area contributed by atoms with E-state index in [1.165, 1.54) is 96.3 Å². The van der Waals surface area contributed by atoms with Gasteiger partial charge in [-0.25, -0.2) is 0 Å². The maximum atomic E-state index is 12.6. The van der Waals surface area contributed by atoms with Crippen LogP contribution >= 0.6 is 0 Å². The van der Waals surface area contributed by atoms with Crippen LogP contribution in [0, 0.1) is 0 Å². The molecule has 1 unspecified atom stereocenters. The van der Waals surface area contributed by atoms with E-state index in [0.717, 1.165) is 77.0 Å². The smallest absolute Gasteiger partial charge is 0.306 e. The van der Waals surface area contributed by atoms with E-state index in [1.807, 2.05) is 0 Å². The highest BCUT2D eigenvalue weighted by molar-refractivity contribution is 5.69. The molecule has 44 heavy (non-hydrogen) atoms. The maximum Gasteiger partial charge on any atom is 0.306 e. The predicted molar refractivity (Wildman–Crippen MR) is 190 cm³/mol. The molecule has 0 aromatic carbocycles. The van der Waals surface area contributed by atoms with Crippen LogP contribution in [0.5, 0.6) is 0 Å². The third-order valence-electron chi connectivity index (χ3n) is 8.32. The Bertz CT molecular complexity index is 708. The predicted octanol–water partition coefficient (Wildman–Crippen LogP) is 13.0. The summed E-state index contributed by atoms with van der Waals surface area (Å²) in [6.45, 7) is 4.52. The number of esters is 1. The Kier molecular flexibility index (Phi) is 34.1. The molecule has 0 amide bonds. The summed E-state index contributed by atoms with van der Waals surface area (Å²) in [5, 5.41) is 8.77. The molecule has 4 heteroatoms. The van der Waals surface area contributed by atoms with Crippen molar-refractivity contribution in [2.75, 3.05) is 0 Å². The van der Waals surface area contributed by atoms with Crippen LogP contribution in [0.15, 0.2) is 36.5 Å². The van der Waals surface area contributed by atoms with Gasteiger partial charge in [-0.1, -0.05) is 147 Å². The third-order valence-corrected chi connectivity index (χ3v) is 8.32. The SMILES string of the molecule is CCCCCC/C=C\C/C=C\CCCCCCCC(=O)OC(/C=C\CCCCCCCCC)CCCCCCCCC(=O)O. The molecule has 256 valence electrons. The molecule has 0 aliphatic carbocycles. The second-order valence-electron chi connectivity index (χ2n) is 12.8. The quantitative estimate of drug-likeness (QED) is 0.0444. The van der Waals surface area contributed by atoms with E-state index in [1.54, 1.807) is 0 Å². The first-order valence-corrected chi connectivity index (χ1v) is 19.0. The fourth-order valence-corrected chi connectivity index (χ4v) is 5.48. The van der Waals surface area contributed by atoms with Gasteiger partial charge >= 0.3 is 11.9 Å². The number of carboxylic acids is 1. The summed E-state index contributed by atoms with van der Waals surface area (Å²) in [5.74, 6) is -0.751. The maximum absolute atomic E-state index is 12.6. The summed E-state index contributed by atoms with van der Waals surface area (Å²) < 4.78 is 5.91. The molecule has 1 N–H and O–H groups in total. The molecule has 4 nitrogen and oxygen atoms in total. The van der Waals surface area contributed by atoms with Crippen molar-refractivity contribution in [1.82, 2.24) is 0 Å². The van der Waals surface area contributed by atoms with Gasteiger partial charge in [-0.05, 0) is 76.7 Å². The number of rotatable bonds is 34. The zero-order chi connectivity index (χ0) is 32.2. The number of ether oxygens (including phenoxy) is 1. The number of carbonyl (C=O) groups is 2. The van der Waals surface area contributed by atoms with Gasteiger partial charge in [0, 0.05) is 12.8 Å². The average Bonchev–Trinajstić information content (AvgIpc) is 3.01. The molecule has 0 saturated heterocycles. The van der Waals surface area contributed by atoms with Gasteiger partial charge in [-0.2, -0.15) is 0 Å². The number of aliphatic carboxylic acids is 1. The van der Waals surface area contributed by atoms with Crippen LogP contribution in [0.4, 0.5) is 0 Å². The molecule has 0 radical (unpaired) electrons. The molecule has 0 saturated carbocycles. The zero-order valence-electron chi connectivity index (χ0n) is 29.2. The first-order chi connectivity index (χ1) is 21.6. The van der Waals surface area contributed by atoms with Crippen LogP contribution in [0.25, 0.3) is 0 Å². The molecular formula is C40H72O4. The summed E-state index contributed by atoms with van der Waals surface area (Å²) in [6, 6.07) is 0. The van der Waals surface area contributed by atoms with Crippen LogP contribution < -0.4 is 0 Å². The summed E-state index contributed by atoms with van der Waals surface area (Å²) in [6.07, 6.45) is 46.0. The van der Waals surface area contributed by atoms with E-state index in [4.69, 9.17) is 9.84 Å². The Hall–Kier alpha value is -1.84. The van der Waals surface area contributed by atoms with E-state index >= 15 is 0 Å². The van der Waals surface area contributed by atoms with Gasteiger partial charge in [-0.15, -0.1) is 0 Å². The van der Waals surface area contributed by atoms with Gasteiger partial charge in [0.05, 0.1) is 0 Å². The van der Waals surface area contributed by atoms with E-state index in [2.05, 4.69) is 50.3 Å². The average molecular weight is 617 g/mol. The summed E-state index contributed by atoms with van der Waals surface area (Å²) >= 11 is 0.